The highest BCUT2D eigenvalue weighted by atomic mass is 35.5. The van der Waals surface area contributed by atoms with E-state index >= 15 is 0 Å². The van der Waals surface area contributed by atoms with Crippen molar-refractivity contribution in [3.05, 3.63) is 34.6 Å². The Morgan fingerprint density at radius 2 is 2.33 bits per heavy atom. The second-order valence-corrected chi connectivity index (χ2v) is 4.05. The number of nitrogens with two attached hydrogens (primary N) is 1. The lowest BCUT2D eigenvalue weighted by Crippen LogP contribution is -2.20. The van der Waals surface area contributed by atoms with Gasteiger partial charge >= 0.3 is 0 Å². The van der Waals surface area contributed by atoms with E-state index < -0.39 is 11.4 Å². The van der Waals surface area contributed by atoms with E-state index in [-0.39, 0.29) is 11.0 Å². The molecule has 1 aromatic carbocycles. The van der Waals surface area contributed by atoms with Gasteiger partial charge in [0.2, 0.25) is 0 Å². The van der Waals surface area contributed by atoms with Crippen LogP contribution < -0.4 is 5.73 Å². The van der Waals surface area contributed by atoms with Crippen molar-refractivity contribution < 1.29 is 9.13 Å². The number of benzene rings is 1. The van der Waals surface area contributed by atoms with Crippen LogP contribution in [0, 0.1) is 5.82 Å². The molecule has 0 spiro atoms. The molecule has 2 N–H and O–H groups in total. The van der Waals surface area contributed by atoms with Gasteiger partial charge in [0.05, 0.1) is 5.02 Å². The molecule has 0 amide bonds. The molecule has 5 heteroatoms. The van der Waals surface area contributed by atoms with Gasteiger partial charge in [-0.2, -0.15) is 0 Å². The second kappa shape index (κ2) is 3.38. The standard InChI is InChI=1S/C10H10ClFN2O/c1-10(5-15-9(13)14-10)6-2-3-8(12)7(11)4-6/h2-4H,5H2,1H3,(H2,13,14)/t10-/m0/s1. The normalized spacial score (nSPS) is 24.9. The predicted octanol–water partition coefficient (Wildman–Crippen LogP) is 2.04. The van der Waals surface area contributed by atoms with Crippen molar-refractivity contribution in [2.24, 2.45) is 10.7 Å². The number of aliphatic imine (C=N–C) groups is 1. The molecule has 0 fully saturated rings. The molecule has 0 radical (unpaired) electrons. The largest absolute Gasteiger partial charge is 0.462 e. The Hall–Kier alpha value is -1.29. The van der Waals surface area contributed by atoms with Crippen LogP contribution in [0.2, 0.25) is 5.02 Å². The molecule has 1 atom stereocenters. The monoisotopic (exact) mass is 228 g/mol. The summed E-state index contributed by atoms with van der Waals surface area (Å²) >= 11 is 5.70. The van der Waals surface area contributed by atoms with E-state index in [0.717, 1.165) is 5.56 Å². The van der Waals surface area contributed by atoms with Crippen LogP contribution in [-0.2, 0) is 10.3 Å². The minimum absolute atomic E-state index is 0.0781. The van der Waals surface area contributed by atoms with Gasteiger partial charge in [0.1, 0.15) is 18.0 Å². The fourth-order valence-corrected chi connectivity index (χ4v) is 1.68. The van der Waals surface area contributed by atoms with E-state index in [4.69, 9.17) is 22.1 Å². The molecule has 1 aromatic rings. The topological polar surface area (TPSA) is 47.6 Å². The molecule has 3 nitrogen and oxygen atoms in total. The molecule has 0 saturated heterocycles. The Kier molecular flexibility index (Phi) is 2.31. The van der Waals surface area contributed by atoms with Gasteiger partial charge in [-0.25, -0.2) is 9.38 Å². The number of halogens is 2. The number of hydrogen-bond donors (Lipinski definition) is 1. The van der Waals surface area contributed by atoms with E-state index in [9.17, 15) is 4.39 Å². The van der Waals surface area contributed by atoms with Crippen molar-refractivity contribution >= 4 is 17.6 Å². The third kappa shape index (κ3) is 1.77. The second-order valence-electron chi connectivity index (χ2n) is 3.64. The highest BCUT2D eigenvalue weighted by Crippen LogP contribution is 2.31. The molecule has 0 bridgehead atoms. The fourth-order valence-electron chi connectivity index (χ4n) is 1.50. The summed E-state index contributed by atoms with van der Waals surface area (Å²) in [5, 5.41) is 0.0781. The van der Waals surface area contributed by atoms with Crippen LogP contribution in [0.15, 0.2) is 23.2 Å². The van der Waals surface area contributed by atoms with Gasteiger partial charge in [-0.1, -0.05) is 17.7 Å². The molecule has 2 rings (SSSR count). The Labute approximate surface area is 91.7 Å². The molecule has 15 heavy (non-hydrogen) atoms. The lowest BCUT2D eigenvalue weighted by molar-refractivity contribution is 0.266. The van der Waals surface area contributed by atoms with E-state index in [2.05, 4.69) is 4.99 Å². The molecule has 1 aliphatic heterocycles. The summed E-state index contributed by atoms with van der Waals surface area (Å²) in [7, 11) is 0. The predicted molar refractivity (Wildman–Crippen MR) is 56.3 cm³/mol. The summed E-state index contributed by atoms with van der Waals surface area (Å²) in [6.45, 7) is 2.21. The average Bonchev–Trinajstić information content (AvgIpc) is 2.52. The average molecular weight is 229 g/mol. The van der Waals surface area contributed by atoms with Crippen LogP contribution in [0.3, 0.4) is 0 Å². The molecule has 0 aromatic heterocycles. The molecule has 80 valence electrons. The number of hydrogen-bond acceptors (Lipinski definition) is 3. The third-order valence-electron chi connectivity index (χ3n) is 2.40. The van der Waals surface area contributed by atoms with Crippen molar-refractivity contribution in [3.63, 3.8) is 0 Å². The number of nitrogens with zero attached hydrogens (tertiary/aromatic N) is 1. The maximum Gasteiger partial charge on any atom is 0.283 e. The maximum absolute atomic E-state index is 13.0. The van der Waals surface area contributed by atoms with Crippen LogP contribution in [-0.4, -0.2) is 12.6 Å². The molecule has 1 heterocycles. The first-order valence-electron chi connectivity index (χ1n) is 4.45. The zero-order chi connectivity index (χ0) is 11.1. The van der Waals surface area contributed by atoms with Crippen molar-refractivity contribution in [2.75, 3.05) is 6.61 Å². The maximum atomic E-state index is 13.0. The van der Waals surface area contributed by atoms with Crippen LogP contribution in [0.1, 0.15) is 12.5 Å². The van der Waals surface area contributed by atoms with Gasteiger partial charge in [-0.05, 0) is 24.6 Å². The Morgan fingerprint density at radius 3 is 2.87 bits per heavy atom. The van der Waals surface area contributed by atoms with E-state index in [0.29, 0.717) is 6.61 Å². The summed E-state index contributed by atoms with van der Waals surface area (Å²) in [4.78, 5) is 4.15. The Morgan fingerprint density at radius 1 is 1.60 bits per heavy atom. The van der Waals surface area contributed by atoms with E-state index in [1.165, 1.54) is 6.07 Å². The van der Waals surface area contributed by atoms with Gasteiger partial charge < -0.3 is 10.5 Å². The number of amidine groups is 1. The summed E-state index contributed by atoms with van der Waals surface area (Å²) in [5.41, 5.74) is 5.65. The quantitative estimate of drug-likeness (QED) is 0.800. The fraction of sp³-hybridized carbons (Fsp3) is 0.300. The zero-order valence-electron chi connectivity index (χ0n) is 8.13. The molecular formula is C10H10ClFN2O. The highest BCUT2D eigenvalue weighted by molar-refractivity contribution is 6.30. The van der Waals surface area contributed by atoms with Gasteiger partial charge in [-0.15, -0.1) is 0 Å². The van der Waals surface area contributed by atoms with Crippen LogP contribution in [0.25, 0.3) is 0 Å². The summed E-state index contributed by atoms with van der Waals surface area (Å²) in [6.07, 6.45) is 0. The van der Waals surface area contributed by atoms with Gasteiger partial charge in [-0.3, -0.25) is 0 Å². The summed E-state index contributed by atoms with van der Waals surface area (Å²) in [6, 6.07) is 4.64. The first kappa shape index (κ1) is 10.2. The lowest BCUT2D eigenvalue weighted by Gasteiger charge is -2.18. The SMILES string of the molecule is C[C@@]1(c2ccc(F)c(Cl)c2)COC(N)=N1. The summed E-state index contributed by atoms with van der Waals surface area (Å²) in [5.74, 6) is -0.445. The van der Waals surface area contributed by atoms with Crippen molar-refractivity contribution in [3.8, 4) is 0 Å². The molecule has 0 aliphatic carbocycles. The first-order chi connectivity index (χ1) is 7.01. The van der Waals surface area contributed by atoms with E-state index in [1.54, 1.807) is 12.1 Å². The zero-order valence-corrected chi connectivity index (χ0v) is 8.88. The molecule has 0 unspecified atom stereocenters. The number of rotatable bonds is 1. The smallest absolute Gasteiger partial charge is 0.283 e. The highest BCUT2D eigenvalue weighted by Gasteiger charge is 2.33. The van der Waals surface area contributed by atoms with Gasteiger partial charge in [0.15, 0.2) is 0 Å². The summed E-state index contributed by atoms with van der Waals surface area (Å²) < 4.78 is 18.0. The minimum Gasteiger partial charge on any atom is -0.462 e. The van der Waals surface area contributed by atoms with Crippen LogP contribution >= 0.6 is 11.6 Å². The van der Waals surface area contributed by atoms with Gasteiger partial charge in [0.25, 0.3) is 6.02 Å². The van der Waals surface area contributed by atoms with Crippen molar-refractivity contribution in [1.29, 1.82) is 0 Å². The Balaban J connectivity index is 2.42. The molecule has 0 saturated carbocycles. The van der Waals surface area contributed by atoms with Crippen molar-refractivity contribution in [1.82, 2.24) is 0 Å². The lowest BCUT2D eigenvalue weighted by atomic mass is 9.94. The van der Waals surface area contributed by atoms with Crippen LogP contribution in [0.5, 0.6) is 0 Å². The van der Waals surface area contributed by atoms with E-state index in [1.807, 2.05) is 6.92 Å². The Bertz CT molecular complexity index is 435. The van der Waals surface area contributed by atoms with Crippen LogP contribution in [0.4, 0.5) is 4.39 Å². The molecule has 1 aliphatic rings. The number of ether oxygens (including phenoxy) is 1. The van der Waals surface area contributed by atoms with Gasteiger partial charge in [0, 0.05) is 0 Å². The third-order valence-corrected chi connectivity index (χ3v) is 2.69. The molecular weight excluding hydrogens is 219 g/mol. The van der Waals surface area contributed by atoms with Crippen molar-refractivity contribution in [2.45, 2.75) is 12.5 Å². The minimum atomic E-state index is -0.568. The first-order valence-corrected chi connectivity index (χ1v) is 4.83.